The average molecular weight is 413 g/mol. The third-order valence-corrected chi connectivity index (χ3v) is 7.09. The van der Waals surface area contributed by atoms with E-state index in [0.717, 1.165) is 22.9 Å². The molecule has 0 bridgehead atoms. The number of aliphatic imine (C=N–C) groups is 1. The second kappa shape index (κ2) is 7.03. The third-order valence-electron chi connectivity index (χ3n) is 5.90. The van der Waals surface area contributed by atoms with Crippen LogP contribution in [0, 0.1) is 27.7 Å². The third kappa shape index (κ3) is 2.92. The molecule has 1 aliphatic rings. The maximum Gasteiger partial charge on any atom is 0.162 e. The molecule has 0 aliphatic carbocycles. The van der Waals surface area contributed by atoms with Crippen molar-refractivity contribution >= 4 is 17.0 Å². The first kappa shape index (κ1) is 18.9. The van der Waals surface area contributed by atoms with Crippen molar-refractivity contribution in [3.05, 3.63) is 87.3 Å². The molecule has 2 aromatic heterocycles. The van der Waals surface area contributed by atoms with E-state index in [1.54, 1.807) is 11.3 Å². The molecule has 1 atom stereocenters. The molecule has 1 unspecified atom stereocenters. The maximum atomic E-state index is 5.13. The van der Waals surface area contributed by atoms with Crippen molar-refractivity contribution in [3.63, 3.8) is 0 Å². The first-order chi connectivity index (χ1) is 14.4. The van der Waals surface area contributed by atoms with Crippen LogP contribution < -0.4 is 0 Å². The van der Waals surface area contributed by atoms with Gasteiger partial charge in [-0.15, -0.1) is 21.5 Å². The Bertz CT molecular complexity index is 1270. The van der Waals surface area contributed by atoms with E-state index in [-0.39, 0.29) is 6.04 Å². The van der Waals surface area contributed by atoms with Gasteiger partial charge in [0.15, 0.2) is 5.82 Å². The number of aromatic nitrogens is 3. The van der Waals surface area contributed by atoms with Crippen LogP contribution in [-0.2, 0) is 0 Å². The van der Waals surface area contributed by atoms with Gasteiger partial charge < -0.3 is 0 Å². The fraction of sp³-hybridized carbons (Fsp3) is 0.240. The van der Waals surface area contributed by atoms with Crippen LogP contribution in [0.25, 0.3) is 16.1 Å². The standard InChI is InChI=1S/C25H24N4S/c1-14-6-8-19(9-7-14)20-10-12-21(13-11-20)23-22-15(2)17(4)30-25(22)29-18(5)27-28-24(29)16(3)26-23/h6-13,16H,1-5H3. The molecule has 4 aromatic rings. The van der Waals surface area contributed by atoms with Crippen molar-refractivity contribution in [2.24, 2.45) is 4.99 Å². The Morgan fingerprint density at radius 1 is 0.800 bits per heavy atom. The van der Waals surface area contributed by atoms with E-state index < -0.39 is 0 Å². The predicted octanol–water partition coefficient (Wildman–Crippen LogP) is 6.14. The highest BCUT2D eigenvalue weighted by Gasteiger charge is 2.29. The van der Waals surface area contributed by atoms with Crippen LogP contribution in [0.1, 0.15) is 51.7 Å². The Morgan fingerprint density at radius 2 is 1.40 bits per heavy atom. The Kier molecular flexibility index (Phi) is 4.44. The first-order valence-corrected chi connectivity index (χ1v) is 11.0. The molecule has 30 heavy (non-hydrogen) atoms. The van der Waals surface area contributed by atoms with Gasteiger partial charge in [0.05, 0.1) is 5.71 Å². The molecule has 0 fully saturated rings. The van der Waals surface area contributed by atoms with E-state index >= 15 is 0 Å². The quantitative estimate of drug-likeness (QED) is 0.397. The lowest BCUT2D eigenvalue weighted by atomic mass is 9.97. The first-order valence-electron chi connectivity index (χ1n) is 10.2. The summed E-state index contributed by atoms with van der Waals surface area (Å²) < 4.78 is 2.18. The summed E-state index contributed by atoms with van der Waals surface area (Å²) in [6.07, 6.45) is 0. The lowest BCUT2D eigenvalue weighted by molar-refractivity contribution is 0.724. The summed E-state index contributed by atoms with van der Waals surface area (Å²) in [7, 11) is 0. The highest BCUT2D eigenvalue weighted by atomic mass is 32.1. The number of aryl methyl sites for hydroxylation is 3. The minimum atomic E-state index is -0.0581. The zero-order chi connectivity index (χ0) is 21.0. The van der Waals surface area contributed by atoms with Gasteiger partial charge in [0, 0.05) is 16.0 Å². The Hall–Kier alpha value is -3.05. The Labute approximate surface area is 181 Å². The summed E-state index contributed by atoms with van der Waals surface area (Å²) >= 11 is 1.80. The molecule has 0 amide bonds. The van der Waals surface area contributed by atoms with Gasteiger partial charge in [0.1, 0.15) is 16.9 Å². The molecule has 4 nitrogen and oxygen atoms in total. The monoisotopic (exact) mass is 412 g/mol. The van der Waals surface area contributed by atoms with Crippen molar-refractivity contribution in [2.75, 3.05) is 0 Å². The van der Waals surface area contributed by atoms with E-state index in [1.807, 2.05) is 6.92 Å². The van der Waals surface area contributed by atoms with Gasteiger partial charge in [-0.1, -0.05) is 54.1 Å². The van der Waals surface area contributed by atoms with E-state index in [4.69, 9.17) is 4.99 Å². The van der Waals surface area contributed by atoms with Crippen molar-refractivity contribution in [3.8, 4) is 16.1 Å². The van der Waals surface area contributed by atoms with Crippen molar-refractivity contribution < 1.29 is 0 Å². The number of nitrogens with zero attached hydrogens (tertiary/aromatic N) is 4. The lowest BCUT2D eigenvalue weighted by Crippen LogP contribution is -2.07. The molecule has 0 saturated heterocycles. The van der Waals surface area contributed by atoms with Gasteiger partial charge in [-0.3, -0.25) is 9.56 Å². The Morgan fingerprint density at radius 3 is 2.07 bits per heavy atom. The molecule has 5 heteroatoms. The summed E-state index contributed by atoms with van der Waals surface area (Å²) in [5, 5.41) is 9.94. The summed E-state index contributed by atoms with van der Waals surface area (Å²) in [6.45, 7) is 10.6. The van der Waals surface area contributed by atoms with Gasteiger partial charge >= 0.3 is 0 Å². The largest absolute Gasteiger partial charge is 0.273 e. The number of benzene rings is 2. The summed E-state index contributed by atoms with van der Waals surface area (Å²) in [6, 6.07) is 17.4. The Balaban J connectivity index is 1.65. The van der Waals surface area contributed by atoms with E-state index in [9.17, 15) is 0 Å². The van der Waals surface area contributed by atoms with Crippen LogP contribution in [0.3, 0.4) is 0 Å². The molecule has 0 N–H and O–H groups in total. The zero-order valence-corrected chi connectivity index (χ0v) is 18.7. The second-order valence-electron chi connectivity index (χ2n) is 8.00. The van der Waals surface area contributed by atoms with Gasteiger partial charge in [0.25, 0.3) is 0 Å². The summed E-state index contributed by atoms with van der Waals surface area (Å²) in [5.74, 6) is 1.81. The molecular formula is C25H24N4S. The fourth-order valence-electron chi connectivity index (χ4n) is 4.05. The van der Waals surface area contributed by atoms with E-state index in [0.29, 0.717) is 0 Å². The van der Waals surface area contributed by atoms with Gasteiger partial charge in [-0.05, 0) is 51.3 Å². The van der Waals surface area contributed by atoms with Gasteiger partial charge in [0.2, 0.25) is 0 Å². The van der Waals surface area contributed by atoms with E-state index in [2.05, 4.69) is 91.0 Å². The van der Waals surface area contributed by atoms with E-state index in [1.165, 1.54) is 37.7 Å². The molecule has 0 saturated carbocycles. The summed E-state index contributed by atoms with van der Waals surface area (Å²) in [4.78, 5) is 6.43. The predicted molar refractivity (Wildman–Crippen MR) is 124 cm³/mol. The molecule has 0 radical (unpaired) electrons. The van der Waals surface area contributed by atoms with Crippen LogP contribution in [0.4, 0.5) is 0 Å². The maximum absolute atomic E-state index is 5.13. The van der Waals surface area contributed by atoms with Crippen molar-refractivity contribution in [2.45, 2.75) is 40.7 Å². The summed E-state index contributed by atoms with van der Waals surface area (Å²) in [5.41, 5.74) is 8.38. The van der Waals surface area contributed by atoms with Crippen molar-refractivity contribution in [1.29, 1.82) is 0 Å². The second-order valence-corrected chi connectivity index (χ2v) is 9.20. The highest BCUT2D eigenvalue weighted by molar-refractivity contribution is 7.15. The molecule has 1 aliphatic heterocycles. The number of fused-ring (bicyclic) bond motifs is 3. The molecular weight excluding hydrogens is 388 g/mol. The smallest absolute Gasteiger partial charge is 0.162 e. The number of thiophene rings is 1. The minimum Gasteiger partial charge on any atom is -0.273 e. The number of rotatable bonds is 2. The van der Waals surface area contributed by atoms with Gasteiger partial charge in [-0.25, -0.2) is 0 Å². The number of hydrogen-bond acceptors (Lipinski definition) is 4. The van der Waals surface area contributed by atoms with Crippen LogP contribution >= 0.6 is 11.3 Å². The highest BCUT2D eigenvalue weighted by Crippen LogP contribution is 2.38. The minimum absolute atomic E-state index is 0.0581. The van der Waals surface area contributed by atoms with Crippen LogP contribution in [-0.4, -0.2) is 20.5 Å². The molecule has 2 aromatic carbocycles. The van der Waals surface area contributed by atoms with Crippen LogP contribution in [0.5, 0.6) is 0 Å². The molecule has 150 valence electrons. The molecule has 0 spiro atoms. The number of hydrogen-bond donors (Lipinski definition) is 0. The normalized spacial score (nSPS) is 15.4. The molecule has 3 heterocycles. The molecule has 5 rings (SSSR count). The SMILES string of the molecule is Cc1ccc(-c2ccc(C3=NC(C)c4nnc(C)n4-c4sc(C)c(C)c43)cc2)cc1. The van der Waals surface area contributed by atoms with Gasteiger partial charge in [-0.2, -0.15) is 0 Å². The van der Waals surface area contributed by atoms with Crippen molar-refractivity contribution in [1.82, 2.24) is 14.8 Å². The fourth-order valence-corrected chi connectivity index (χ4v) is 5.26. The topological polar surface area (TPSA) is 43.1 Å². The average Bonchev–Trinajstić information content (AvgIpc) is 3.22. The zero-order valence-electron chi connectivity index (χ0n) is 17.9. The van der Waals surface area contributed by atoms with Crippen LogP contribution in [0.15, 0.2) is 53.5 Å². The lowest BCUT2D eigenvalue weighted by Gasteiger charge is -2.11. The van der Waals surface area contributed by atoms with Crippen LogP contribution in [0.2, 0.25) is 0 Å².